The first-order valence-electron chi connectivity index (χ1n) is 9.64. The van der Waals surface area contributed by atoms with Gasteiger partial charge >= 0.3 is 0 Å². The largest absolute Gasteiger partial charge is 0.497 e. The van der Waals surface area contributed by atoms with Gasteiger partial charge < -0.3 is 18.8 Å². The van der Waals surface area contributed by atoms with Crippen LogP contribution in [0.25, 0.3) is 22.6 Å². The second-order valence-corrected chi connectivity index (χ2v) is 6.81. The highest BCUT2D eigenvalue weighted by Gasteiger charge is 2.18. The second-order valence-electron chi connectivity index (χ2n) is 6.81. The standard InChI is InChI=1S/C21H26N4O3/c1-26-16-6-7-17(19(15-16)27-2)20-23-18-5-3-8-22-21(18)25(20)10-4-9-24-11-13-28-14-12-24/h3,5-8,15H,4,9-14H2,1-2H3. The van der Waals surface area contributed by atoms with Crippen LogP contribution < -0.4 is 9.47 Å². The number of nitrogens with zero attached hydrogens (tertiary/aromatic N) is 4. The van der Waals surface area contributed by atoms with Crippen molar-refractivity contribution in [3.8, 4) is 22.9 Å². The Morgan fingerprint density at radius 2 is 1.93 bits per heavy atom. The van der Waals surface area contributed by atoms with E-state index in [1.165, 1.54) is 0 Å². The predicted octanol–water partition coefficient (Wildman–Crippen LogP) is 2.84. The molecule has 7 nitrogen and oxygen atoms in total. The molecule has 0 bridgehead atoms. The molecule has 0 atom stereocenters. The number of fused-ring (bicyclic) bond motifs is 1. The van der Waals surface area contributed by atoms with Crippen molar-refractivity contribution >= 4 is 11.2 Å². The van der Waals surface area contributed by atoms with E-state index >= 15 is 0 Å². The lowest BCUT2D eigenvalue weighted by atomic mass is 10.1. The quantitative estimate of drug-likeness (QED) is 0.626. The third-order valence-corrected chi connectivity index (χ3v) is 5.11. The number of pyridine rings is 1. The van der Waals surface area contributed by atoms with Crippen LogP contribution in [0.2, 0.25) is 0 Å². The molecule has 4 rings (SSSR count). The average Bonchev–Trinajstić information content (AvgIpc) is 3.12. The molecule has 3 aromatic rings. The molecule has 3 heterocycles. The van der Waals surface area contributed by atoms with Crippen LogP contribution in [-0.4, -0.2) is 66.5 Å². The first kappa shape index (κ1) is 18.7. The van der Waals surface area contributed by atoms with Crippen LogP contribution in [0, 0.1) is 0 Å². The first-order valence-corrected chi connectivity index (χ1v) is 9.64. The van der Waals surface area contributed by atoms with Crippen LogP contribution in [0.3, 0.4) is 0 Å². The summed E-state index contributed by atoms with van der Waals surface area (Å²) in [6, 6.07) is 9.74. The van der Waals surface area contributed by atoms with Gasteiger partial charge in [-0.25, -0.2) is 9.97 Å². The molecule has 1 aliphatic rings. The van der Waals surface area contributed by atoms with Crippen LogP contribution in [0.4, 0.5) is 0 Å². The number of ether oxygens (including phenoxy) is 3. The predicted molar refractivity (Wildman–Crippen MR) is 108 cm³/mol. The smallest absolute Gasteiger partial charge is 0.160 e. The lowest BCUT2D eigenvalue weighted by molar-refractivity contribution is 0.0370. The molecule has 0 radical (unpaired) electrons. The maximum atomic E-state index is 5.62. The van der Waals surface area contributed by atoms with Gasteiger partial charge in [-0.15, -0.1) is 0 Å². The zero-order chi connectivity index (χ0) is 19.3. The van der Waals surface area contributed by atoms with Crippen molar-refractivity contribution in [2.75, 3.05) is 47.1 Å². The van der Waals surface area contributed by atoms with Crippen molar-refractivity contribution in [3.63, 3.8) is 0 Å². The van der Waals surface area contributed by atoms with Gasteiger partial charge in [0.2, 0.25) is 0 Å². The summed E-state index contributed by atoms with van der Waals surface area (Å²) in [4.78, 5) is 11.9. The molecule has 0 unspecified atom stereocenters. The number of rotatable bonds is 7. The van der Waals surface area contributed by atoms with Crippen molar-refractivity contribution in [2.24, 2.45) is 0 Å². The lowest BCUT2D eigenvalue weighted by Crippen LogP contribution is -2.37. The number of hydrogen-bond acceptors (Lipinski definition) is 6. The van der Waals surface area contributed by atoms with Gasteiger partial charge in [0.15, 0.2) is 5.65 Å². The molecule has 0 spiro atoms. The number of aryl methyl sites for hydroxylation is 1. The van der Waals surface area contributed by atoms with Crippen LogP contribution in [0.5, 0.6) is 11.5 Å². The van der Waals surface area contributed by atoms with Crippen molar-refractivity contribution in [3.05, 3.63) is 36.5 Å². The molecular formula is C21H26N4O3. The van der Waals surface area contributed by atoms with Gasteiger partial charge in [-0.3, -0.25) is 4.90 Å². The number of hydrogen-bond donors (Lipinski definition) is 0. The van der Waals surface area contributed by atoms with Crippen LogP contribution >= 0.6 is 0 Å². The number of aromatic nitrogens is 3. The molecule has 1 aliphatic heterocycles. The minimum absolute atomic E-state index is 0.740. The monoisotopic (exact) mass is 382 g/mol. The Morgan fingerprint density at radius 3 is 2.71 bits per heavy atom. The molecular weight excluding hydrogens is 356 g/mol. The molecule has 7 heteroatoms. The summed E-state index contributed by atoms with van der Waals surface area (Å²) in [5.41, 5.74) is 2.73. The summed E-state index contributed by atoms with van der Waals surface area (Å²) in [5, 5.41) is 0. The van der Waals surface area contributed by atoms with Gasteiger partial charge in [0.05, 0.1) is 33.0 Å². The van der Waals surface area contributed by atoms with Crippen LogP contribution in [-0.2, 0) is 11.3 Å². The molecule has 1 saturated heterocycles. The Hall–Kier alpha value is -2.64. The van der Waals surface area contributed by atoms with Gasteiger partial charge in [0, 0.05) is 38.4 Å². The summed E-state index contributed by atoms with van der Waals surface area (Å²) >= 11 is 0. The fourth-order valence-corrected chi connectivity index (χ4v) is 3.64. The summed E-state index contributed by atoms with van der Waals surface area (Å²) in [6.07, 6.45) is 2.84. The zero-order valence-electron chi connectivity index (χ0n) is 16.4. The topological polar surface area (TPSA) is 61.6 Å². The SMILES string of the molecule is COc1ccc(-c2nc3cccnc3n2CCCN2CCOCC2)c(OC)c1. The van der Waals surface area contributed by atoms with Gasteiger partial charge in [-0.05, 0) is 30.7 Å². The normalized spacial score (nSPS) is 15.1. The van der Waals surface area contributed by atoms with E-state index in [1.54, 1.807) is 14.2 Å². The summed E-state index contributed by atoms with van der Waals surface area (Å²) in [6.45, 7) is 5.53. The van der Waals surface area contributed by atoms with Crippen molar-refractivity contribution in [1.82, 2.24) is 19.4 Å². The Morgan fingerprint density at radius 1 is 1.07 bits per heavy atom. The molecule has 1 aromatic carbocycles. The highest BCUT2D eigenvalue weighted by Crippen LogP contribution is 2.34. The maximum Gasteiger partial charge on any atom is 0.160 e. The van der Waals surface area contributed by atoms with Crippen molar-refractivity contribution in [1.29, 1.82) is 0 Å². The van der Waals surface area contributed by atoms with E-state index in [9.17, 15) is 0 Å². The maximum absolute atomic E-state index is 5.62. The van der Waals surface area contributed by atoms with E-state index in [-0.39, 0.29) is 0 Å². The highest BCUT2D eigenvalue weighted by atomic mass is 16.5. The molecule has 28 heavy (non-hydrogen) atoms. The fourth-order valence-electron chi connectivity index (χ4n) is 3.64. The summed E-state index contributed by atoms with van der Waals surface area (Å²) < 4.78 is 18.6. The van der Waals surface area contributed by atoms with E-state index in [0.29, 0.717) is 0 Å². The summed E-state index contributed by atoms with van der Waals surface area (Å²) in [5.74, 6) is 2.37. The van der Waals surface area contributed by atoms with Crippen molar-refractivity contribution in [2.45, 2.75) is 13.0 Å². The molecule has 0 saturated carbocycles. The van der Waals surface area contributed by atoms with E-state index in [2.05, 4.69) is 14.5 Å². The van der Waals surface area contributed by atoms with Crippen LogP contribution in [0.15, 0.2) is 36.5 Å². The van der Waals surface area contributed by atoms with Gasteiger partial charge in [0.25, 0.3) is 0 Å². The van der Waals surface area contributed by atoms with Gasteiger partial charge in [-0.1, -0.05) is 0 Å². The van der Waals surface area contributed by atoms with Crippen LogP contribution in [0.1, 0.15) is 6.42 Å². The number of morpholine rings is 1. The molecule has 2 aromatic heterocycles. The van der Waals surface area contributed by atoms with Crippen molar-refractivity contribution < 1.29 is 14.2 Å². The third-order valence-electron chi connectivity index (χ3n) is 5.11. The Bertz CT molecular complexity index is 935. The number of imidazole rings is 1. The number of methoxy groups -OCH3 is 2. The fraction of sp³-hybridized carbons (Fsp3) is 0.429. The first-order chi connectivity index (χ1) is 13.8. The van der Waals surface area contributed by atoms with E-state index in [4.69, 9.17) is 19.2 Å². The lowest BCUT2D eigenvalue weighted by Gasteiger charge is -2.26. The molecule has 0 N–H and O–H groups in total. The minimum Gasteiger partial charge on any atom is -0.497 e. The Balaban J connectivity index is 1.65. The average molecular weight is 382 g/mol. The molecule has 148 valence electrons. The molecule has 0 amide bonds. The Kier molecular flexibility index (Phi) is 5.73. The van der Waals surface area contributed by atoms with E-state index < -0.39 is 0 Å². The highest BCUT2D eigenvalue weighted by molar-refractivity contribution is 5.79. The number of benzene rings is 1. The second kappa shape index (κ2) is 8.58. The summed E-state index contributed by atoms with van der Waals surface area (Å²) in [7, 11) is 3.32. The third kappa shape index (κ3) is 3.81. The van der Waals surface area contributed by atoms with Gasteiger partial charge in [0.1, 0.15) is 22.8 Å². The zero-order valence-corrected chi connectivity index (χ0v) is 16.4. The molecule has 1 fully saturated rings. The molecule has 0 aliphatic carbocycles. The van der Waals surface area contributed by atoms with Gasteiger partial charge in [-0.2, -0.15) is 0 Å². The minimum atomic E-state index is 0.740. The van der Waals surface area contributed by atoms with E-state index in [0.717, 1.165) is 79.9 Å². The van der Waals surface area contributed by atoms with E-state index in [1.807, 2.05) is 36.5 Å². The Labute approximate surface area is 164 Å².